The number of amides is 1. The van der Waals surface area contributed by atoms with Crippen LogP contribution in [0.1, 0.15) is 31.3 Å². The van der Waals surface area contributed by atoms with Gasteiger partial charge in [0.05, 0.1) is 40.6 Å². The normalized spacial score (nSPS) is 13.3. The topological polar surface area (TPSA) is 146 Å². The number of aromatic carboxylic acids is 1. The molecule has 0 spiro atoms. The molecule has 0 aliphatic carbocycles. The third-order valence-corrected chi connectivity index (χ3v) is 6.29. The first kappa shape index (κ1) is 26.9. The van der Waals surface area contributed by atoms with Gasteiger partial charge in [-0.15, -0.1) is 0 Å². The van der Waals surface area contributed by atoms with Crippen LogP contribution in [0.15, 0.2) is 49.1 Å². The summed E-state index contributed by atoms with van der Waals surface area (Å²) in [5.41, 5.74) is 0.591. The highest BCUT2D eigenvalue weighted by atomic mass is 19.3. The van der Waals surface area contributed by atoms with Crippen LogP contribution in [0.25, 0.3) is 33.5 Å². The summed E-state index contributed by atoms with van der Waals surface area (Å²) in [6, 6.07) is 5.84. The zero-order chi connectivity index (χ0) is 29.8. The van der Waals surface area contributed by atoms with E-state index < -0.39 is 24.3 Å². The number of rotatable bonds is 5. The summed E-state index contributed by atoms with van der Waals surface area (Å²) in [6.45, 7) is 2.06. The molecule has 0 unspecified atom stereocenters. The van der Waals surface area contributed by atoms with Crippen LogP contribution in [0.3, 0.4) is 0 Å². The monoisotopic (exact) mass is 579 g/mol. The summed E-state index contributed by atoms with van der Waals surface area (Å²) in [5.74, 6) is -1.57. The van der Waals surface area contributed by atoms with Crippen LogP contribution in [-0.4, -0.2) is 71.9 Å². The molecule has 15 heteroatoms. The van der Waals surface area contributed by atoms with Crippen molar-refractivity contribution in [2.45, 2.75) is 33.0 Å². The predicted molar refractivity (Wildman–Crippen MR) is 144 cm³/mol. The van der Waals surface area contributed by atoms with Crippen molar-refractivity contribution in [2.24, 2.45) is 0 Å². The van der Waals surface area contributed by atoms with Gasteiger partial charge in [0, 0.05) is 30.7 Å². The number of hydrogen-bond donors (Lipinski definition) is 1. The molecule has 0 bridgehead atoms. The minimum atomic E-state index is -3.25. The van der Waals surface area contributed by atoms with Gasteiger partial charge in [-0.1, -0.05) is 0 Å². The largest absolute Gasteiger partial charge is 0.489 e. The number of ether oxygens (including phenoxy) is 3. The zero-order valence-electron chi connectivity index (χ0n) is 22.5. The third-order valence-electron chi connectivity index (χ3n) is 6.29. The fourth-order valence-corrected chi connectivity index (χ4v) is 4.60. The standard InChI is InChI=1S/C27H23F2N7O6/c1-27(2,3)42-26(39)34-7-8-40-20-11-19(21(10-18(20)34)41-25(28)29)36-17-9-16(31-12-15(17)22(33-36)24(37)38)14-13-32-35-6-4-5-30-23(14)35/h4-6,9-13,25H,7-8H2,1-3H3,(H,37,38). The maximum absolute atomic E-state index is 13.7. The number of alkyl halides is 2. The highest BCUT2D eigenvalue weighted by Crippen LogP contribution is 2.42. The fraction of sp³-hybridized carbons (Fsp3) is 0.259. The molecule has 4 aromatic heterocycles. The first-order chi connectivity index (χ1) is 20.0. The van der Waals surface area contributed by atoms with Crippen LogP contribution in [0.5, 0.6) is 11.5 Å². The maximum Gasteiger partial charge on any atom is 0.415 e. The lowest BCUT2D eigenvalue weighted by Gasteiger charge is -2.32. The van der Waals surface area contributed by atoms with Gasteiger partial charge in [0.15, 0.2) is 17.1 Å². The highest BCUT2D eigenvalue weighted by molar-refractivity contribution is 6.02. The Hall–Kier alpha value is -5.34. The second-order valence-electron chi connectivity index (χ2n) is 10.2. The summed E-state index contributed by atoms with van der Waals surface area (Å²) < 4.78 is 46.1. The van der Waals surface area contributed by atoms with Crippen molar-refractivity contribution in [3.63, 3.8) is 0 Å². The van der Waals surface area contributed by atoms with Gasteiger partial charge in [-0.3, -0.25) is 9.88 Å². The number of benzene rings is 1. The number of pyridine rings is 1. The Bertz CT molecular complexity index is 1860. The maximum atomic E-state index is 13.7. The van der Waals surface area contributed by atoms with Gasteiger partial charge in [0.2, 0.25) is 0 Å². The number of nitrogens with zero attached hydrogens (tertiary/aromatic N) is 7. The summed E-state index contributed by atoms with van der Waals surface area (Å²) >= 11 is 0. The van der Waals surface area contributed by atoms with Crippen LogP contribution < -0.4 is 14.4 Å². The Morgan fingerprint density at radius 1 is 1.12 bits per heavy atom. The molecular formula is C27H23F2N7O6. The molecule has 42 heavy (non-hydrogen) atoms. The summed E-state index contributed by atoms with van der Waals surface area (Å²) in [4.78, 5) is 35.0. The van der Waals surface area contributed by atoms with Gasteiger partial charge >= 0.3 is 18.7 Å². The quantitative estimate of drug-likeness (QED) is 0.314. The Kier molecular flexibility index (Phi) is 6.35. The SMILES string of the molecule is CC(C)(C)OC(=O)N1CCOc2cc(-n3nc(C(=O)O)c4cnc(-c5cnn6cccnc56)cc43)c(OC(F)F)cc21. The van der Waals surface area contributed by atoms with Gasteiger partial charge in [-0.2, -0.15) is 19.0 Å². The third kappa shape index (κ3) is 4.78. The average molecular weight is 580 g/mol. The van der Waals surface area contributed by atoms with Gasteiger partial charge in [-0.05, 0) is 32.9 Å². The van der Waals surface area contributed by atoms with Crippen LogP contribution in [-0.2, 0) is 4.74 Å². The van der Waals surface area contributed by atoms with E-state index >= 15 is 0 Å². The summed E-state index contributed by atoms with van der Waals surface area (Å²) in [7, 11) is 0. The van der Waals surface area contributed by atoms with Crippen molar-refractivity contribution in [2.75, 3.05) is 18.1 Å². The molecule has 6 rings (SSSR count). The van der Waals surface area contributed by atoms with E-state index in [0.29, 0.717) is 16.9 Å². The Labute approximate surface area is 235 Å². The number of halogens is 2. The van der Waals surface area contributed by atoms with E-state index in [4.69, 9.17) is 14.2 Å². The second kappa shape index (κ2) is 9.94. The van der Waals surface area contributed by atoms with Crippen molar-refractivity contribution < 1.29 is 37.7 Å². The van der Waals surface area contributed by atoms with Crippen LogP contribution in [0.4, 0.5) is 19.3 Å². The van der Waals surface area contributed by atoms with E-state index in [1.165, 1.54) is 23.2 Å². The minimum absolute atomic E-state index is 0.0484. The number of carboxylic acids is 1. The Balaban J connectivity index is 1.54. The molecule has 1 amide bonds. The molecule has 0 fully saturated rings. The van der Waals surface area contributed by atoms with Crippen LogP contribution >= 0.6 is 0 Å². The predicted octanol–water partition coefficient (Wildman–Crippen LogP) is 4.56. The second-order valence-corrected chi connectivity index (χ2v) is 10.2. The number of carbonyl (C=O) groups excluding carboxylic acids is 1. The zero-order valence-corrected chi connectivity index (χ0v) is 22.5. The van der Waals surface area contributed by atoms with E-state index in [0.717, 1.165) is 4.68 Å². The first-order valence-electron chi connectivity index (χ1n) is 12.7. The molecule has 1 N–H and O–H groups in total. The molecule has 0 saturated heterocycles. The Morgan fingerprint density at radius 3 is 2.67 bits per heavy atom. The van der Waals surface area contributed by atoms with Gasteiger partial charge < -0.3 is 19.3 Å². The van der Waals surface area contributed by atoms with Crippen molar-refractivity contribution >= 4 is 34.3 Å². The van der Waals surface area contributed by atoms with Crippen LogP contribution in [0.2, 0.25) is 0 Å². The van der Waals surface area contributed by atoms with E-state index in [9.17, 15) is 23.5 Å². The average Bonchev–Trinajstić information content (AvgIpc) is 3.53. The van der Waals surface area contributed by atoms with Gasteiger partial charge in [-0.25, -0.2) is 23.8 Å². The number of hydrogen-bond acceptors (Lipinski definition) is 9. The number of anilines is 1. The van der Waals surface area contributed by atoms with Crippen molar-refractivity contribution in [1.82, 2.24) is 29.4 Å². The molecule has 13 nitrogen and oxygen atoms in total. The smallest absolute Gasteiger partial charge is 0.415 e. The van der Waals surface area contributed by atoms with E-state index in [-0.39, 0.29) is 52.6 Å². The van der Waals surface area contributed by atoms with E-state index in [1.54, 1.807) is 56.0 Å². The van der Waals surface area contributed by atoms with E-state index in [1.807, 2.05) is 0 Å². The van der Waals surface area contributed by atoms with Gasteiger partial charge in [0.25, 0.3) is 0 Å². The lowest BCUT2D eigenvalue weighted by Crippen LogP contribution is -2.41. The Morgan fingerprint density at radius 2 is 1.93 bits per heavy atom. The van der Waals surface area contributed by atoms with Crippen molar-refractivity contribution in [3.05, 3.63) is 54.7 Å². The van der Waals surface area contributed by atoms with Gasteiger partial charge in [0.1, 0.15) is 23.6 Å². The molecule has 216 valence electrons. The van der Waals surface area contributed by atoms with Crippen molar-refractivity contribution in [3.8, 4) is 28.4 Å². The minimum Gasteiger partial charge on any atom is -0.489 e. The van der Waals surface area contributed by atoms with E-state index in [2.05, 4.69) is 20.2 Å². The first-order valence-corrected chi connectivity index (χ1v) is 12.7. The van der Waals surface area contributed by atoms with Crippen molar-refractivity contribution in [1.29, 1.82) is 0 Å². The molecule has 0 radical (unpaired) electrons. The summed E-state index contributed by atoms with van der Waals surface area (Å²) in [6.07, 6.45) is 5.49. The molecule has 1 aliphatic rings. The number of carbonyl (C=O) groups is 2. The fourth-order valence-electron chi connectivity index (χ4n) is 4.60. The molecule has 5 heterocycles. The highest BCUT2D eigenvalue weighted by Gasteiger charge is 2.31. The molecule has 5 aromatic rings. The number of carboxylic acid groups (broad SMARTS) is 1. The lowest BCUT2D eigenvalue weighted by molar-refractivity contribution is -0.0499. The molecule has 1 aromatic carbocycles. The van der Waals surface area contributed by atoms with Crippen LogP contribution in [0, 0.1) is 0 Å². The molecule has 0 saturated carbocycles. The molecule has 1 aliphatic heterocycles. The molecular weight excluding hydrogens is 556 g/mol. The molecule has 0 atom stereocenters. The number of aromatic nitrogens is 6. The number of fused-ring (bicyclic) bond motifs is 3. The lowest BCUT2D eigenvalue weighted by atomic mass is 10.1. The summed E-state index contributed by atoms with van der Waals surface area (Å²) in [5, 5.41) is 18.5.